The quantitative estimate of drug-likeness (QED) is 0.805. The summed E-state index contributed by atoms with van der Waals surface area (Å²) in [6, 6.07) is 8.87. The van der Waals surface area contributed by atoms with Crippen molar-refractivity contribution < 1.29 is 18.7 Å². The minimum absolute atomic E-state index is 0.150. The zero-order chi connectivity index (χ0) is 20.1. The summed E-state index contributed by atoms with van der Waals surface area (Å²) in [5.41, 5.74) is 0.557. The van der Waals surface area contributed by atoms with Gasteiger partial charge in [0.15, 0.2) is 0 Å². The van der Waals surface area contributed by atoms with E-state index in [2.05, 4.69) is 10.2 Å². The summed E-state index contributed by atoms with van der Waals surface area (Å²) in [5.74, 6) is -0.0448. The van der Waals surface area contributed by atoms with Crippen LogP contribution in [-0.4, -0.2) is 72.1 Å². The molecule has 7 nitrogen and oxygen atoms in total. The van der Waals surface area contributed by atoms with Gasteiger partial charge in [-0.25, -0.2) is 4.39 Å². The zero-order valence-electron chi connectivity index (χ0n) is 16.1. The fraction of sp³-hybridized carbons (Fsp3) is 0.400. The van der Waals surface area contributed by atoms with Gasteiger partial charge in [0.25, 0.3) is 5.91 Å². The molecule has 2 amide bonds. The van der Waals surface area contributed by atoms with Crippen molar-refractivity contribution in [3.05, 3.63) is 54.1 Å². The molecule has 1 atom stereocenters. The van der Waals surface area contributed by atoms with Crippen molar-refractivity contribution >= 4 is 11.8 Å². The summed E-state index contributed by atoms with van der Waals surface area (Å²) in [6.07, 6.45) is 1.81. The monoisotopic (exact) mass is 388 g/mol. The van der Waals surface area contributed by atoms with E-state index in [1.54, 1.807) is 34.7 Å². The minimum atomic E-state index is -0.563. The number of piperazine rings is 1. The zero-order valence-corrected chi connectivity index (χ0v) is 16.1. The summed E-state index contributed by atoms with van der Waals surface area (Å²) in [7, 11) is 3.38. The third-order valence-electron chi connectivity index (χ3n) is 4.93. The number of carbonyl (C=O) groups is 2. The molecule has 1 aliphatic heterocycles. The molecule has 28 heavy (non-hydrogen) atoms. The molecule has 0 radical (unpaired) electrons. The largest absolute Gasteiger partial charge is 0.492 e. The lowest BCUT2D eigenvalue weighted by atomic mass is 10.1. The van der Waals surface area contributed by atoms with Crippen LogP contribution in [0.3, 0.4) is 0 Å². The first-order valence-electron chi connectivity index (χ1n) is 9.24. The van der Waals surface area contributed by atoms with E-state index < -0.39 is 6.04 Å². The van der Waals surface area contributed by atoms with Crippen molar-refractivity contribution in [2.24, 2.45) is 7.05 Å². The molecule has 150 valence electrons. The van der Waals surface area contributed by atoms with Crippen molar-refractivity contribution in [2.75, 3.05) is 39.8 Å². The Morgan fingerprint density at radius 3 is 2.61 bits per heavy atom. The normalized spacial score (nSPS) is 17.4. The maximum absolute atomic E-state index is 12.9. The Kier molecular flexibility index (Phi) is 6.30. The summed E-state index contributed by atoms with van der Waals surface area (Å²) >= 11 is 0. The highest BCUT2D eigenvalue weighted by Gasteiger charge is 2.35. The van der Waals surface area contributed by atoms with Crippen LogP contribution in [0.5, 0.6) is 5.75 Å². The number of halogens is 1. The number of likely N-dealkylation sites (N-methyl/N-ethyl adjacent to an activating group) is 1. The van der Waals surface area contributed by atoms with Gasteiger partial charge < -0.3 is 19.5 Å². The number of rotatable bonds is 6. The molecule has 2 heterocycles. The topological polar surface area (TPSA) is 66.8 Å². The molecule has 1 aromatic carbocycles. The SMILES string of the molecule is CNC(=O)C1CN(CCOc2ccc(F)cc2)CCN1C(=O)c1cccn1C. The standard InChI is InChI=1S/C20H25FN4O3/c1-22-19(26)18-14-24(12-13-28-16-7-5-15(21)6-8-16)10-11-25(18)20(27)17-4-3-9-23(17)2/h3-9,18H,10-14H2,1-2H3,(H,22,26). The van der Waals surface area contributed by atoms with Gasteiger partial charge in [0.05, 0.1) is 0 Å². The number of ether oxygens (including phenoxy) is 1. The van der Waals surface area contributed by atoms with E-state index in [0.29, 0.717) is 44.2 Å². The van der Waals surface area contributed by atoms with Crippen LogP contribution in [0.2, 0.25) is 0 Å². The number of carbonyl (C=O) groups excluding carboxylic acids is 2. The van der Waals surface area contributed by atoms with Crippen molar-refractivity contribution in [3.63, 3.8) is 0 Å². The predicted octanol–water partition coefficient (Wildman–Crippen LogP) is 1.12. The molecule has 1 saturated heterocycles. The summed E-state index contributed by atoms with van der Waals surface area (Å²) in [6.45, 7) is 2.56. The molecule has 0 spiro atoms. The molecule has 0 bridgehead atoms. The molecule has 8 heteroatoms. The Hall–Kier alpha value is -2.87. The van der Waals surface area contributed by atoms with E-state index in [-0.39, 0.29) is 17.6 Å². The number of amides is 2. The fourth-order valence-electron chi connectivity index (χ4n) is 3.33. The lowest BCUT2D eigenvalue weighted by Gasteiger charge is -2.40. The minimum Gasteiger partial charge on any atom is -0.492 e. The second-order valence-corrected chi connectivity index (χ2v) is 6.74. The van der Waals surface area contributed by atoms with E-state index in [0.717, 1.165) is 0 Å². The summed E-state index contributed by atoms with van der Waals surface area (Å²) < 4.78 is 20.3. The highest BCUT2D eigenvalue weighted by atomic mass is 19.1. The van der Waals surface area contributed by atoms with Gasteiger partial charge in [0.1, 0.15) is 29.9 Å². The Morgan fingerprint density at radius 2 is 1.96 bits per heavy atom. The van der Waals surface area contributed by atoms with Crippen LogP contribution in [0.15, 0.2) is 42.6 Å². The van der Waals surface area contributed by atoms with Gasteiger partial charge in [-0.1, -0.05) is 0 Å². The van der Waals surface area contributed by atoms with Gasteiger partial charge in [0.2, 0.25) is 5.91 Å². The molecular weight excluding hydrogens is 363 g/mol. The number of aryl methyl sites for hydroxylation is 1. The highest BCUT2D eigenvalue weighted by Crippen LogP contribution is 2.16. The number of hydrogen-bond acceptors (Lipinski definition) is 4. The first kappa shape index (κ1) is 19.9. The van der Waals surface area contributed by atoms with Gasteiger partial charge >= 0.3 is 0 Å². The maximum Gasteiger partial charge on any atom is 0.271 e. The Labute approximate surface area is 163 Å². The van der Waals surface area contributed by atoms with Gasteiger partial charge in [-0.3, -0.25) is 14.5 Å². The van der Waals surface area contributed by atoms with Gasteiger partial charge in [0, 0.05) is 46.5 Å². The van der Waals surface area contributed by atoms with Crippen LogP contribution < -0.4 is 10.1 Å². The summed E-state index contributed by atoms with van der Waals surface area (Å²) in [5, 5.41) is 2.65. The lowest BCUT2D eigenvalue weighted by molar-refractivity contribution is -0.127. The Morgan fingerprint density at radius 1 is 1.21 bits per heavy atom. The molecule has 3 rings (SSSR count). The van der Waals surface area contributed by atoms with Gasteiger partial charge in [-0.2, -0.15) is 0 Å². The molecule has 0 aliphatic carbocycles. The average molecular weight is 388 g/mol. The number of aromatic nitrogens is 1. The molecule has 2 aromatic rings. The predicted molar refractivity (Wildman–Crippen MR) is 103 cm³/mol. The van der Waals surface area contributed by atoms with Crippen LogP contribution in [0.1, 0.15) is 10.5 Å². The Bertz CT molecular complexity index is 821. The number of nitrogens with one attached hydrogen (secondary N) is 1. The van der Waals surface area contributed by atoms with Crippen molar-refractivity contribution in [1.82, 2.24) is 19.7 Å². The van der Waals surface area contributed by atoms with Crippen molar-refractivity contribution in [2.45, 2.75) is 6.04 Å². The van der Waals surface area contributed by atoms with Crippen LogP contribution >= 0.6 is 0 Å². The molecule has 1 unspecified atom stereocenters. The molecule has 1 N–H and O–H groups in total. The Balaban J connectivity index is 1.60. The van der Waals surface area contributed by atoms with E-state index in [1.165, 1.54) is 12.1 Å². The second-order valence-electron chi connectivity index (χ2n) is 6.74. The number of benzene rings is 1. The lowest BCUT2D eigenvalue weighted by Crippen LogP contribution is -2.60. The van der Waals surface area contributed by atoms with E-state index in [1.807, 2.05) is 19.3 Å². The third kappa shape index (κ3) is 4.51. The van der Waals surface area contributed by atoms with Crippen LogP contribution in [-0.2, 0) is 11.8 Å². The molecule has 1 aliphatic rings. The molecule has 1 fully saturated rings. The van der Waals surface area contributed by atoms with Gasteiger partial charge in [-0.05, 0) is 36.4 Å². The first-order valence-corrected chi connectivity index (χ1v) is 9.24. The second kappa shape index (κ2) is 8.88. The van der Waals surface area contributed by atoms with E-state index in [9.17, 15) is 14.0 Å². The highest BCUT2D eigenvalue weighted by molar-refractivity contribution is 5.96. The third-order valence-corrected chi connectivity index (χ3v) is 4.93. The average Bonchev–Trinajstić information content (AvgIpc) is 3.14. The fourth-order valence-corrected chi connectivity index (χ4v) is 3.33. The van der Waals surface area contributed by atoms with Crippen molar-refractivity contribution in [3.8, 4) is 5.75 Å². The molecule has 0 saturated carbocycles. The van der Waals surface area contributed by atoms with Gasteiger partial charge in [-0.15, -0.1) is 0 Å². The van der Waals surface area contributed by atoms with Crippen LogP contribution in [0, 0.1) is 5.82 Å². The van der Waals surface area contributed by atoms with E-state index in [4.69, 9.17) is 4.74 Å². The summed E-state index contributed by atoms with van der Waals surface area (Å²) in [4.78, 5) is 29.0. The maximum atomic E-state index is 12.9. The van der Waals surface area contributed by atoms with E-state index >= 15 is 0 Å². The number of nitrogens with zero attached hydrogens (tertiary/aromatic N) is 3. The van der Waals surface area contributed by atoms with Crippen LogP contribution in [0.25, 0.3) is 0 Å². The molecule has 1 aromatic heterocycles. The van der Waals surface area contributed by atoms with Crippen LogP contribution in [0.4, 0.5) is 4.39 Å². The smallest absolute Gasteiger partial charge is 0.271 e. The molecular formula is C20H25FN4O3. The first-order chi connectivity index (χ1) is 13.5. The number of hydrogen-bond donors (Lipinski definition) is 1. The van der Waals surface area contributed by atoms with Crippen molar-refractivity contribution in [1.29, 1.82) is 0 Å².